The van der Waals surface area contributed by atoms with Crippen LogP contribution in [0.25, 0.3) is 0 Å². The van der Waals surface area contributed by atoms with Crippen LogP contribution in [0.1, 0.15) is 35.1 Å². The van der Waals surface area contributed by atoms with Crippen LogP contribution in [0.2, 0.25) is 0 Å². The van der Waals surface area contributed by atoms with Gasteiger partial charge in [0.25, 0.3) is 0 Å². The van der Waals surface area contributed by atoms with Crippen molar-refractivity contribution in [2.45, 2.75) is 33.0 Å². The molecule has 8 heteroatoms. The van der Waals surface area contributed by atoms with E-state index in [-0.39, 0.29) is 30.0 Å². The van der Waals surface area contributed by atoms with Crippen LogP contribution in [0.15, 0.2) is 52.8 Å². The summed E-state index contributed by atoms with van der Waals surface area (Å²) in [4.78, 5) is 5.97. The molecule has 1 aromatic carbocycles. The largest absolute Gasteiger partial charge is 0.351 e. The van der Waals surface area contributed by atoms with Gasteiger partial charge in [0.15, 0.2) is 11.8 Å². The molecule has 1 unspecified atom stereocenters. The predicted molar refractivity (Wildman–Crippen MR) is 121 cm³/mol. The van der Waals surface area contributed by atoms with E-state index in [2.05, 4.69) is 57.4 Å². The number of hydrogen-bond acceptors (Lipinski definition) is 4. The maximum Gasteiger partial charge on any atom is 0.192 e. The van der Waals surface area contributed by atoms with E-state index >= 15 is 0 Å². The van der Waals surface area contributed by atoms with Crippen LogP contribution in [0.4, 0.5) is 0 Å². The van der Waals surface area contributed by atoms with Gasteiger partial charge in [-0.15, -0.1) is 45.5 Å². The fourth-order valence-corrected chi connectivity index (χ4v) is 3.15. The molecule has 0 radical (unpaired) electrons. The van der Waals surface area contributed by atoms with Crippen LogP contribution in [0, 0.1) is 6.92 Å². The molecule has 0 saturated carbocycles. The highest BCUT2D eigenvalue weighted by Gasteiger charge is 2.09. The Morgan fingerprint density at radius 3 is 2.59 bits per heavy atom. The molecule has 6 nitrogen and oxygen atoms in total. The number of rotatable bonds is 6. The summed E-state index contributed by atoms with van der Waals surface area (Å²) in [7, 11) is 1.96. The summed E-state index contributed by atoms with van der Waals surface area (Å²) < 4.78 is 1.96. The third-order valence-corrected chi connectivity index (χ3v) is 5.10. The number of nitrogens with one attached hydrogen (secondary N) is 2. The van der Waals surface area contributed by atoms with E-state index in [4.69, 9.17) is 4.99 Å². The number of guanidine groups is 1. The third kappa shape index (κ3) is 6.03. The minimum absolute atomic E-state index is 0. The molecular formula is C19H25IN6S. The Balaban J connectivity index is 0.00000261. The van der Waals surface area contributed by atoms with Gasteiger partial charge in [0.05, 0.1) is 12.6 Å². The van der Waals surface area contributed by atoms with Crippen molar-refractivity contribution in [1.82, 2.24) is 25.4 Å². The van der Waals surface area contributed by atoms with Crippen molar-refractivity contribution in [3.8, 4) is 0 Å². The normalized spacial score (nSPS) is 12.3. The monoisotopic (exact) mass is 496 g/mol. The van der Waals surface area contributed by atoms with E-state index in [0.29, 0.717) is 6.54 Å². The second-order valence-electron chi connectivity index (χ2n) is 6.10. The average Bonchev–Trinajstić information content (AvgIpc) is 3.29. The smallest absolute Gasteiger partial charge is 0.192 e. The number of halogens is 1. The molecule has 2 N–H and O–H groups in total. The lowest BCUT2D eigenvalue weighted by Crippen LogP contribution is -2.38. The zero-order valence-electron chi connectivity index (χ0n) is 15.7. The Kier molecular flexibility index (Phi) is 8.23. The summed E-state index contributed by atoms with van der Waals surface area (Å²) in [6, 6.07) is 14.7. The van der Waals surface area contributed by atoms with Gasteiger partial charge in [-0.05, 0) is 30.9 Å². The Morgan fingerprint density at radius 2 is 1.96 bits per heavy atom. The van der Waals surface area contributed by atoms with E-state index in [0.717, 1.165) is 24.2 Å². The van der Waals surface area contributed by atoms with Gasteiger partial charge in [-0.3, -0.25) is 0 Å². The molecule has 2 heterocycles. The fraction of sp³-hybridized carbons (Fsp3) is 0.316. The Bertz CT molecular complexity index is 844. The first kappa shape index (κ1) is 21.4. The van der Waals surface area contributed by atoms with Crippen molar-refractivity contribution < 1.29 is 0 Å². The van der Waals surface area contributed by atoms with Crippen molar-refractivity contribution in [2.75, 3.05) is 0 Å². The maximum atomic E-state index is 4.71. The highest BCUT2D eigenvalue weighted by atomic mass is 127. The number of nitrogens with zero attached hydrogens (tertiary/aromatic N) is 4. The number of aryl methyl sites for hydroxylation is 1. The summed E-state index contributed by atoms with van der Waals surface area (Å²) in [5.41, 5.74) is 1.22. The van der Waals surface area contributed by atoms with E-state index in [1.807, 2.05) is 36.7 Å². The van der Waals surface area contributed by atoms with Gasteiger partial charge < -0.3 is 15.2 Å². The van der Waals surface area contributed by atoms with Gasteiger partial charge in [0, 0.05) is 11.9 Å². The molecule has 2 aromatic heterocycles. The highest BCUT2D eigenvalue weighted by Crippen LogP contribution is 2.12. The Hall–Kier alpha value is -1.94. The third-order valence-electron chi connectivity index (χ3n) is 4.22. The van der Waals surface area contributed by atoms with Crippen LogP contribution in [0.5, 0.6) is 0 Å². The molecule has 0 amide bonds. The van der Waals surface area contributed by atoms with Crippen molar-refractivity contribution in [1.29, 1.82) is 0 Å². The van der Waals surface area contributed by atoms with Crippen LogP contribution in [-0.4, -0.2) is 20.7 Å². The quantitative estimate of drug-likeness (QED) is 0.310. The average molecular weight is 496 g/mol. The van der Waals surface area contributed by atoms with Crippen LogP contribution in [-0.2, 0) is 20.1 Å². The number of benzene rings is 1. The Labute approximate surface area is 181 Å². The second kappa shape index (κ2) is 10.4. The summed E-state index contributed by atoms with van der Waals surface area (Å²) in [6.07, 6.45) is 0. The van der Waals surface area contributed by atoms with Crippen molar-refractivity contribution in [3.05, 3.63) is 69.9 Å². The zero-order valence-corrected chi connectivity index (χ0v) is 18.9. The second-order valence-corrected chi connectivity index (χ2v) is 7.13. The minimum Gasteiger partial charge on any atom is -0.351 e. The Morgan fingerprint density at radius 1 is 1.19 bits per heavy atom. The predicted octanol–water partition coefficient (Wildman–Crippen LogP) is 3.80. The van der Waals surface area contributed by atoms with Crippen molar-refractivity contribution in [3.63, 3.8) is 0 Å². The lowest BCUT2D eigenvalue weighted by atomic mass is 10.1. The van der Waals surface area contributed by atoms with Crippen molar-refractivity contribution >= 4 is 41.3 Å². The number of hydrogen-bond donors (Lipinski definition) is 2. The highest BCUT2D eigenvalue weighted by molar-refractivity contribution is 14.0. The van der Waals surface area contributed by atoms with E-state index in [1.165, 1.54) is 10.4 Å². The molecule has 0 bridgehead atoms. The zero-order chi connectivity index (χ0) is 18.4. The van der Waals surface area contributed by atoms with Crippen molar-refractivity contribution in [2.24, 2.45) is 12.0 Å². The SMILES string of the molecule is Cc1nnc(CN=C(NCc2cccs2)NC(C)c2ccccc2)n1C.I. The summed E-state index contributed by atoms with van der Waals surface area (Å²) in [5, 5.41) is 17.2. The first-order valence-corrected chi connectivity index (χ1v) is 9.48. The number of thiophene rings is 1. The van der Waals surface area contributed by atoms with E-state index in [1.54, 1.807) is 11.3 Å². The van der Waals surface area contributed by atoms with Gasteiger partial charge in [-0.1, -0.05) is 36.4 Å². The molecule has 144 valence electrons. The van der Waals surface area contributed by atoms with Gasteiger partial charge in [0.2, 0.25) is 0 Å². The molecular weight excluding hydrogens is 471 g/mol. The topological polar surface area (TPSA) is 67.1 Å². The molecule has 3 rings (SSSR count). The summed E-state index contributed by atoms with van der Waals surface area (Å²) in [6.45, 7) is 5.28. The molecule has 0 aliphatic rings. The van der Waals surface area contributed by atoms with E-state index in [9.17, 15) is 0 Å². The van der Waals surface area contributed by atoms with Gasteiger partial charge in [0.1, 0.15) is 12.4 Å². The molecule has 0 aliphatic heterocycles. The summed E-state index contributed by atoms with van der Waals surface area (Å²) in [5.74, 6) is 2.48. The molecule has 1 atom stereocenters. The van der Waals surface area contributed by atoms with Crippen LogP contribution >= 0.6 is 35.3 Å². The number of aliphatic imine (C=N–C) groups is 1. The first-order valence-electron chi connectivity index (χ1n) is 8.60. The van der Waals surface area contributed by atoms with E-state index < -0.39 is 0 Å². The lowest BCUT2D eigenvalue weighted by molar-refractivity contribution is 0.677. The molecule has 0 fully saturated rings. The molecule has 0 aliphatic carbocycles. The molecule has 3 aromatic rings. The first-order chi connectivity index (χ1) is 12.6. The maximum absolute atomic E-state index is 4.71. The molecule has 0 saturated heterocycles. The lowest BCUT2D eigenvalue weighted by Gasteiger charge is -2.18. The van der Waals surface area contributed by atoms with Gasteiger partial charge >= 0.3 is 0 Å². The minimum atomic E-state index is 0. The standard InChI is InChI=1S/C19H24N6S.HI/c1-14(16-8-5-4-6-9-16)22-19(20-12-17-10-7-11-26-17)21-13-18-24-23-15(2)25(18)3;/h4-11,14H,12-13H2,1-3H3,(H2,20,21,22);1H. The number of aromatic nitrogens is 3. The molecule has 27 heavy (non-hydrogen) atoms. The van der Waals surface area contributed by atoms with Gasteiger partial charge in [-0.2, -0.15) is 0 Å². The van der Waals surface area contributed by atoms with Gasteiger partial charge in [-0.25, -0.2) is 4.99 Å². The summed E-state index contributed by atoms with van der Waals surface area (Å²) >= 11 is 1.73. The van der Waals surface area contributed by atoms with Crippen LogP contribution in [0.3, 0.4) is 0 Å². The molecule has 0 spiro atoms. The fourth-order valence-electron chi connectivity index (χ4n) is 2.51. The van der Waals surface area contributed by atoms with Crippen LogP contribution < -0.4 is 10.6 Å².